The van der Waals surface area contributed by atoms with Gasteiger partial charge in [-0.3, -0.25) is 10.1 Å². The van der Waals surface area contributed by atoms with Crippen molar-refractivity contribution in [2.75, 3.05) is 5.32 Å². The largest absolute Gasteiger partial charge is 0.374 e. The van der Waals surface area contributed by atoms with E-state index < -0.39 is 4.92 Å². The molecule has 0 bridgehead atoms. The lowest BCUT2D eigenvalue weighted by Gasteiger charge is -2.11. The minimum atomic E-state index is -0.500. The monoisotopic (exact) mass is 226 g/mol. The molecule has 5 heteroatoms. The van der Waals surface area contributed by atoms with E-state index in [0.29, 0.717) is 5.69 Å². The topological polar surface area (TPSA) is 55.2 Å². The Labute approximate surface area is 92.7 Å². The maximum Gasteiger partial charge on any atom is 0.310 e. The molecule has 1 atom stereocenters. The first-order valence-corrected chi connectivity index (χ1v) is 4.76. The molecule has 1 rings (SSSR count). The number of nitro benzene ring substituents is 1. The lowest BCUT2D eigenvalue weighted by Crippen LogP contribution is -2.12. The summed E-state index contributed by atoms with van der Waals surface area (Å²) in [5.74, 6) is 0. The molecule has 4 nitrogen and oxygen atoms in total. The number of anilines is 1. The van der Waals surface area contributed by atoms with Gasteiger partial charge in [-0.1, -0.05) is 23.7 Å². The standard InChI is InChI=1S/C10H11ClN2O2/c1-3-7(2)12-9-6-4-5-8(11)10(9)13(14)15/h3-7,12H,1H2,2H3. The molecule has 0 aliphatic heterocycles. The van der Waals surface area contributed by atoms with E-state index in [1.54, 1.807) is 18.2 Å². The molecule has 0 heterocycles. The predicted octanol–water partition coefficient (Wildman–Crippen LogP) is 3.23. The minimum Gasteiger partial charge on any atom is -0.374 e. The lowest BCUT2D eigenvalue weighted by molar-refractivity contribution is -0.383. The Kier molecular flexibility index (Phi) is 3.68. The number of halogens is 1. The van der Waals surface area contributed by atoms with Crippen LogP contribution in [0.5, 0.6) is 0 Å². The van der Waals surface area contributed by atoms with Crippen LogP contribution < -0.4 is 5.32 Å². The Balaban J connectivity index is 3.11. The first-order valence-electron chi connectivity index (χ1n) is 4.38. The van der Waals surface area contributed by atoms with Crippen LogP contribution in [0.4, 0.5) is 11.4 Å². The first-order chi connectivity index (χ1) is 7.06. The quantitative estimate of drug-likeness (QED) is 0.487. The highest BCUT2D eigenvalue weighted by Crippen LogP contribution is 2.32. The highest BCUT2D eigenvalue weighted by Gasteiger charge is 2.18. The molecule has 0 aromatic heterocycles. The van der Waals surface area contributed by atoms with Crippen LogP contribution in [0, 0.1) is 10.1 Å². The predicted molar refractivity (Wildman–Crippen MR) is 61.4 cm³/mol. The van der Waals surface area contributed by atoms with Crippen LogP contribution in [-0.4, -0.2) is 11.0 Å². The van der Waals surface area contributed by atoms with Crippen LogP contribution >= 0.6 is 11.6 Å². The van der Waals surface area contributed by atoms with Crippen LogP contribution in [0.2, 0.25) is 5.02 Å². The molecule has 1 aromatic carbocycles. The van der Waals surface area contributed by atoms with Crippen molar-refractivity contribution >= 4 is 23.0 Å². The fourth-order valence-electron chi connectivity index (χ4n) is 1.12. The van der Waals surface area contributed by atoms with Gasteiger partial charge in [0.1, 0.15) is 10.7 Å². The van der Waals surface area contributed by atoms with Gasteiger partial charge in [-0.05, 0) is 19.1 Å². The van der Waals surface area contributed by atoms with Gasteiger partial charge in [0.2, 0.25) is 0 Å². The molecule has 1 unspecified atom stereocenters. The molecule has 80 valence electrons. The zero-order valence-electron chi connectivity index (χ0n) is 8.24. The maximum atomic E-state index is 10.8. The summed E-state index contributed by atoms with van der Waals surface area (Å²) in [6, 6.07) is 4.71. The summed E-state index contributed by atoms with van der Waals surface area (Å²) in [4.78, 5) is 10.3. The Morgan fingerprint density at radius 1 is 1.67 bits per heavy atom. The Morgan fingerprint density at radius 2 is 2.33 bits per heavy atom. The molecule has 0 spiro atoms. The van der Waals surface area contributed by atoms with Gasteiger partial charge in [-0.15, -0.1) is 6.58 Å². The first kappa shape index (κ1) is 11.5. The van der Waals surface area contributed by atoms with Gasteiger partial charge < -0.3 is 5.32 Å². The van der Waals surface area contributed by atoms with Gasteiger partial charge in [0, 0.05) is 6.04 Å². The van der Waals surface area contributed by atoms with Crippen molar-refractivity contribution in [3.05, 3.63) is 46.0 Å². The van der Waals surface area contributed by atoms with Gasteiger partial charge in [-0.2, -0.15) is 0 Å². The molecule has 0 aliphatic rings. The lowest BCUT2D eigenvalue weighted by atomic mass is 10.2. The molecule has 15 heavy (non-hydrogen) atoms. The van der Waals surface area contributed by atoms with Crippen molar-refractivity contribution in [2.24, 2.45) is 0 Å². The van der Waals surface area contributed by atoms with E-state index in [-0.39, 0.29) is 16.8 Å². The molecular weight excluding hydrogens is 216 g/mol. The summed E-state index contributed by atoms with van der Waals surface area (Å²) in [5, 5.41) is 13.8. The van der Waals surface area contributed by atoms with Crippen LogP contribution in [0.25, 0.3) is 0 Å². The number of nitrogens with one attached hydrogen (secondary N) is 1. The second-order valence-corrected chi connectivity index (χ2v) is 3.47. The number of nitro groups is 1. The molecule has 0 radical (unpaired) electrons. The summed E-state index contributed by atoms with van der Waals surface area (Å²) in [5.41, 5.74) is 0.299. The molecular formula is C10H11ClN2O2. The van der Waals surface area contributed by atoms with E-state index in [4.69, 9.17) is 11.6 Å². The van der Waals surface area contributed by atoms with Crippen molar-refractivity contribution < 1.29 is 4.92 Å². The molecule has 0 aliphatic carbocycles. The third-order valence-corrected chi connectivity index (χ3v) is 2.21. The van der Waals surface area contributed by atoms with Crippen molar-refractivity contribution in [2.45, 2.75) is 13.0 Å². The summed E-state index contributed by atoms with van der Waals surface area (Å²) < 4.78 is 0. The SMILES string of the molecule is C=CC(C)Nc1cccc(Cl)c1[N+](=O)[O-]. The highest BCUT2D eigenvalue weighted by atomic mass is 35.5. The molecule has 1 N–H and O–H groups in total. The molecule has 0 saturated heterocycles. The molecule has 0 amide bonds. The fraction of sp³-hybridized carbons (Fsp3) is 0.200. The highest BCUT2D eigenvalue weighted by molar-refractivity contribution is 6.33. The van der Waals surface area contributed by atoms with E-state index in [9.17, 15) is 10.1 Å². The third-order valence-electron chi connectivity index (χ3n) is 1.91. The van der Waals surface area contributed by atoms with E-state index in [1.807, 2.05) is 6.92 Å². The van der Waals surface area contributed by atoms with Gasteiger partial charge in [-0.25, -0.2) is 0 Å². The van der Waals surface area contributed by atoms with Crippen LogP contribution in [0.15, 0.2) is 30.9 Å². The number of hydrogen-bond acceptors (Lipinski definition) is 3. The van der Waals surface area contributed by atoms with Crippen molar-refractivity contribution in [1.29, 1.82) is 0 Å². The minimum absolute atomic E-state index is 0.0535. The van der Waals surface area contributed by atoms with Gasteiger partial charge >= 0.3 is 5.69 Å². The van der Waals surface area contributed by atoms with Gasteiger partial charge in [0.15, 0.2) is 0 Å². The summed E-state index contributed by atoms with van der Waals surface area (Å²) in [6.07, 6.45) is 1.66. The van der Waals surface area contributed by atoms with Crippen molar-refractivity contribution in [3.63, 3.8) is 0 Å². The Bertz CT molecular complexity index is 393. The number of hydrogen-bond donors (Lipinski definition) is 1. The summed E-state index contributed by atoms with van der Waals surface area (Å²) >= 11 is 5.74. The second-order valence-electron chi connectivity index (χ2n) is 3.06. The second kappa shape index (κ2) is 4.79. The number of nitrogens with zero attached hydrogens (tertiary/aromatic N) is 1. The fourth-order valence-corrected chi connectivity index (χ4v) is 1.37. The van der Waals surface area contributed by atoms with Crippen LogP contribution in [0.3, 0.4) is 0 Å². The molecule has 0 fully saturated rings. The van der Waals surface area contributed by atoms with Crippen LogP contribution in [-0.2, 0) is 0 Å². The third kappa shape index (κ3) is 2.70. The van der Waals surface area contributed by atoms with Gasteiger partial charge in [0.05, 0.1) is 4.92 Å². The van der Waals surface area contributed by atoms with E-state index in [0.717, 1.165) is 0 Å². The average Bonchev–Trinajstić information content (AvgIpc) is 2.17. The Morgan fingerprint density at radius 3 is 2.87 bits per heavy atom. The van der Waals surface area contributed by atoms with E-state index in [2.05, 4.69) is 11.9 Å². The number of benzene rings is 1. The Hall–Kier alpha value is -1.55. The number of rotatable bonds is 4. The maximum absolute atomic E-state index is 10.8. The zero-order valence-corrected chi connectivity index (χ0v) is 8.99. The summed E-state index contributed by atoms with van der Waals surface area (Å²) in [7, 11) is 0. The van der Waals surface area contributed by atoms with Crippen LogP contribution in [0.1, 0.15) is 6.92 Å². The van der Waals surface area contributed by atoms with Gasteiger partial charge in [0.25, 0.3) is 0 Å². The number of para-hydroxylation sites is 1. The zero-order chi connectivity index (χ0) is 11.4. The molecule has 1 aromatic rings. The van der Waals surface area contributed by atoms with E-state index >= 15 is 0 Å². The normalized spacial score (nSPS) is 11.9. The molecule has 0 saturated carbocycles. The average molecular weight is 227 g/mol. The summed E-state index contributed by atoms with van der Waals surface area (Å²) in [6.45, 7) is 5.43. The van der Waals surface area contributed by atoms with E-state index in [1.165, 1.54) is 6.07 Å². The van der Waals surface area contributed by atoms with Crippen molar-refractivity contribution in [1.82, 2.24) is 0 Å². The van der Waals surface area contributed by atoms with Crippen molar-refractivity contribution in [3.8, 4) is 0 Å². The smallest absolute Gasteiger partial charge is 0.310 e.